The highest BCUT2D eigenvalue weighted by Gasteiger charge is 2.23. The summed E-state index contributed by atoms with van der Waals surface area (Å²) in [6.45, 7) is 10.0. The molecule has 1 aliphatic heterocycles. The molecule has 1 aromatic rings. The third kappa shape index (κ3) is 3.50. The maximum Gasteiger partial charge on any atom is 0.0424 e. The Morgan fingerprint density at radius 1 is 1.37 bits per heavy atom. The molecule has 2 rings (SSSR count). The number of nitrogens with zero attached hydrogens (tertiary/aromatic N) is 2. The standard InChI is InChI=1S/C15H24BrN3/c1-4-18-7-8-19(11-12(18)2)15-9-14(16)6-5-13(15)10-17-3/h5-6,9,12,17H,4,7-8,10-11H2,1-3H3. The fourth-order valence-corrected chi connectivity index (χ4v) is 3.20. The number of anilines is 1. The van der Waals surface area contributed by atoms with E-state index in [9.17, 15) is 0 Å². The number of nitrogens with one attached hydrogen (secondary N) is 1. The van der Waals surface area contributed by atoms with E-state index in [1.54, 1.807) is 0 Å². The van der Waals surface area contributed by atoms with Gasteiger partial charge in [0, 0.05) is 42.4 Å². The van der Waals surface area contributed by atoms with Gasteiger partial charge in [-0.1, -0.05) is 28.9 Å². The van der Waals surface area contributed by atoms with Crippen molar-refractivity contribution in [2.24, 2.45) is 0 Å². The first-order valence-corrected chi connectivity index (χ1v) is 7.87. The molecule has 0 radical (unpaired) electrons. The molecule has 0 saturated carbocycles. The summed E-state index contributed by atoms with van der Waals surface area (Å²) in [4.78, 5) is 5.07. The van der Waals surface area contributed by atoms with Gasteiger partial charge < -0.3 is 10.2 Å². The number of halogens is 1. The Morgan fingerprint density at radius 3 is 2.79 bits per heavy atom. The fraction of sp³-hybridized carbons (Fsp3) is 0.600. The molecule has 0 spiro atoms. The van der Waals surface area contributed by atoms with Gasteiger partial charge in [0.15, 0.2) is 0 Å². The van der Waals surface area contributed by atoms with Crippen LogP contribution in [-0.2, 0) is 6.54 Å². The molecule has 1 saturated heterocycles. The Morgan fingerprint density at radius 2 is 2.16 bits per heavy atom. The maximum atomic E-state index is 3.60. The van der Waals surface area contributed by atoms with Crippen LogP contribution in [0.25, 0.3) is 0 Å². The molecule has 19 heavy (non-hydrogen) atoms. The Kier molecular flexibility index (Phi) is 5.25. The number of piperazine rings is 1. The molecular weight excluding hydrogens is 302 g/mol. The van der Waals surface area contributed by atoms with Crippen molar-refractivity contribution in [1.82, 2.24) is 10.2 Å². The number of rotatable bonds is 4. The van der Waals surface area contributed by atoms with Gasteiger partial charge in [-0.25, -0.2) is 0 Å². The molecule has 1 fully saturated rings. The van der Waals surface area contributed by atoms with Gasteiger partial charge in [-0.15, -0.1) is 0 Å². The van der Waals surface area contributed by atoms with Crippen LogP contribution in [0.3, 0.4) is 0 Å². The second-order valence-corrected chi connectivity index (χ2v) is 6.14. The predicted molar refractivity (Wildman–Crippen MR) is 85.8 cm³/mol. The molecule has 1 unspecified atom stereocenters. The third-order valence-electron chi connectivity index (χ3n) is 3.93. The van der Waals surface area contributed by atoms with E-state index in [0.29, 0.717) is 6.04 Å². The molecule has 3 nitrogen and oxygen atoms in total. The summed E-state index contributed by atoms with van der Waals surface area (Å²) in [5, 5.41) is 3.26. The van der Waals surface area contributed by atoms with Gasteiger partial charge in [-0.05, 0) is 38.2 Å². The summed E-state index contributed by atoms with van der Waals surface area (Å²) in [5.74, 6) is 0. The Balaban J connectivity index is 2.19. The van der Waals surface area contributed by atoms with Crippen LogP contribution < -0.4 is 10.2 Å². The lowest BCUT2D eigenvalue weighted by Gasteiger charge is -2.41. The largest absolute Gasteiger partial charge is 0.368 e. The van der Waals surface area contributed by atoms with E-state index < -0.39 is 0 Å². The summed E-state index contributed by atoms with van der Waals surface area (Å²) < 4.78 is 1.16. The van der Waals surface area contributed by atoms with Crippen molar-refractivity contribution in [1.29, 1.82) is 0 Å². The molecule has 1 atom stereocenters. The van der Waals surface area contributed by atoms with Crippen LogP contribution in [0.15, 0.2) is 22.7 Å². The minimum Gasteiger partial charge on any atom is -0.368 e. The number of hydrogen-bond donors (Lipinski definition) is 1. The normalized spacial score (nSPS) is 20.8. The molecule has 1 heterocycles. The van der Waals surface area contributed by atoms with Crippen LogP contribution in [0.4, 0.5) is 5.69 Å². The van der Waals surface area contributed by atoms with E-state index >= 15 is 0 Å². The molecule has 4 heteroatoms. The van der Waals surface area contributed by atoms with Gasteiger partial charge in [0.2, 0.25) is 0 Å². The van der Waals surface area contributed by atoms with Crippen molar-refractivity contribution < 1.29 is 0 Å². The van der Waals surface area contributed by atoms with Crippen molar-refractivity contribution in [3.05, 3.63) is 28.2 Å². The van der Waals surface area contributed by atoms with Crippen LogP contribution in [0, 0.1) is 0 Å². The number of hydrogen-bond acceptors (Lipinski definition) is 3. The zero-order valence-electron chi connectivity index (χ0n) is 12.1. The minimum atomic E-state index is 0.625. The van der Waals surface area contributed by atoms with E-state index in [-0.39, 0.29) is 0 Å². The number of benzene rings is 1. The first kappa shape index (κ1) is 14.8. The summed E-state index contributed by atoms with van der Waals surface area (Å²) in [7, 11) is 2.00. The quantitative estimate of drug-likeness (QED) is 0.918. The van der Waals surface area contributed by atoms with Gasteiger partial charge in [0.05, 0.1) is 0 Å². The van der Waals surface area contributed by atoms with Gasteiger partial charge in [0.25, 0.3) is 0 Å². The molecule has 0 aliphatic carbocycles. The van der Waals surface area contributed by atoms with Gasteiger partial charge in [-0.3, -0.25) is 4.90 Å². The lowest BCUT2D eigenvalue weighted by molar-refractivity contribution is 0.199. The third-order valence-corrected chi connectivity index (χ3v) is 4.42. The summed E-state index contributed by atoms with van der Waals surface area (Å²) >= 11 is 3.60. The Labute approximate surface area is 125 Å². The van der Waals surface area contributed by atoms with Crippen molar-refractivity contribution >= 4 is 21.6 Å². The molecule has 106 valence electrons. The molecule has 0 amide bonds. The van der Waals surface area contributed by atoms with Gasteiger partial charge >= 0.3 is 0 Å². The highest BCUT2D eigenvalue weighted by Crippen LogP contribution is 2.27. The minimum absolute atomic E-state index is 0.625. The lowest BCUT2D eigenvalue weighted by atomic mass is 10.1. The second-order valence-electron chi connectivity index (χ2n) is 5.23. The zero-order chi connectivity index (χ0) is 13.8. The average molecular weight is 326 g/mol. The van der Waals surface area contributed by atoms with Crippen molar-refractivity contribution in [3.63, 3.8) is 0 Å². The van der Waals surface area contributed by atoms with Crippen LogP contribution in [0.2, 0.25) is 0 Å². The van der Waals surface area contributed by atoms with Gasteiger partial charge in [-0.2, -0.15) is 0 Å². The first-order chi connectivity index (χ1) is 9.15. The lowest BCUT2D eigenvalue weighted by Crippen LogP contribution is -2.52. The van der Waals surface area contributed by atoms with E-state index in [2.05, 4.69) is 63.1 Å². The van der Waals surface area contributed by atoms with E-state index in [4.69, 9.17) is 0 Å². The SMILES string of the molecule is CCN1CCN(c2cc(Br)ccc2CNC)CC1C. The summed E-state index contributed by atoms with van der Waals surface area (Å²) in [6, 6.07) is 7.22. The smallest absolute Gasteiger partial charge is 0.0424 e. The predicted octanol–water partition coefficient (Wildman–Crippen LogP) is 2.70. The van der Waals surface area contributed by atoms with Crippen molar-refractivity contribution in [2.75, 3.05) is 38.1 Å². The monoisotopic (exact) mass is 325 g/mol. The topological polar surface area (TPSA) is 18.5 Å². The number of likely N-dealkylation sites (N-methyl/N-ethyl adjacent to an activating group) is 1. The van der Waals surface area contributed by atoms with E-state index in [1.165, 1.54) is 11.3 Å². The van der Waals surface area contributed by atoms with Gasteiger partial charge in [0.1, 0.15) is 0 Å². The highest BCUT2D eigenvalue weighted by atomic mass is 79.9. The van der Waals surface area contributed by atoms with Crippen LogP contribution >= 0.6 is 15.9 Å². The van der Waals surface area contributed by atoms with Crippen LogP contribution in [0.1, 0.15) is 19.4 Å². The average Bonchev–Trinajstić information content (AvgIpc) is 2.41. The Hall–Kier alpha value is -0.580. The molecular formula is C15H24BrN3. The molecule has 1 N–H and O–H groups in total. The van der Waals surface area contributed by atoms with E-state index in [1.807, 2.05) is 7.05 Å². The highest BCUT2D eigenvalue weighted by molar-refractivity contribution is 9.10. The van der Waals surface area contributed by atoms with Crippen LogP contribution in [0.5, 0.6) is 0 Å². The van der Waals surface area contributed by atoms with E-state index in [0.717, 1.165) is 37.2 Å². The molecule has 1 aromatic carbocycles. The first-order valence-electron chi connectivity index (χ1n) is 7.07. The summed E-state index contributed by atoms with van der Waals surface area (Å²) in [5.41, 5.74) is 2.74. The van der Waals surface area contributed by atoms with Crippen molar-refractivity contribution in [3.8, 4) is 0 Å². The zero-order valence-corrected chi connectivity index (χ0v) is 13.7. The molecule has 0 bridgehead atoms. The second kappa shape index (κ2) is 6.73. The van der Waals surface area contributed by atoms with Crippen molar-refractivity contribution in [2.45, 2.75) is 26.4 Å². The molecule has 0 aromatic heterocycles. The fourth-order valence-electron chi connectivity index (χ4n) is 2.86. The van der Waals surface area contributed by atoms with Crippen LogP contribution in [-0.4, -0.2) is 44.2 Å². The summed E-state index contributed by atoms with van der Waals surface area (Å²) in [6.07, 6.45) is 0. The Bertz CT molecular complexity index is 422. The molecule has 1 aliphatic rings. The maximum absolute atomic E-state index is 3.60.